The Balaban J connectivity index is 0. The monoisotopic (exact) mass is 242 g/mol. The summed E-state index contributed by atoms with van der Waals surface area (Å²) in [5.41, 5.74) is 0. The van der Waals surface area contributed by atoms with Gasteiger partial charge in [-0.05, 0) is 11.8 Å². The standard InChI is InChI=1S/C8H18.HI/c1-7(2)5-6-8(3)4;/h7-8H,5-6H2,1-4H3;1H. The van der Waals surface area contributed by atoms with Crippen LogP contribution in [0.2, 0.25) is 0 Å². The second-order valence-corrected chi connectivity index (χ2v) is 3.37. The Bertz CT molecular complexity index is 40.5. The summed E-state index contributed by atoms with van der Waals surface area (Å²) in [5, 5.41) is 0. The molecule has 0 aliphatic heterocycles. The minimum absolute atomic E-state index is 0. The molecule has 0 nitrogen and oxygen atoms in total. The zero-order valence-electron chi connectivity index (χ0n) is 6.98. The van der Waals surface area contributed by atoms with Crippen LogP contribution in [0.5, 0.6) is 0 Å². The van der Waals surface area contributed by atoms with Gasteiger partial charge in [0.05, 0.1) is 0 Å². The molecule has 0 aliphatic rings. The van der Waals surface area contributed by atoms with Crippen molar-refractivity contribution in [3.8, 4) is 0 Å². The third kappa shape index (κ3) is 12.0. The van der Waals surface area contributed by atoms with Crippen LogP contribution < -0.4 is 0 Å². The molecule has 0 aliphatic carbocycles. The van der Waals surface area contributed by atoms with Gasteiger partial charge in [-0.1, -0.05) is 40.5 Å². The van der Waals surface area contributed by atoms with Gasteiger partial charge < -0.3 is 0 Å². The van der Waals surface area contributed by atoms with E-state index in [1.807, 2.05) is 0 Å². The first-order valence-corrected chi connectivity index (χ1v) is 3.63. The van der Waals surface area contributed by atoms with Crippen LogP contribution in [0.15, 0.2) is 0 Å². The lowest BCUT2D eigenvalue weighted by Gasteiger charge is -2.05. The van der Waals surface area contributed by atoms with Gasteiger partial charge in [0.1, 0.15) is 0 Å². The average Bonchev–Trinajstić information content (AvgIpc) is 1.61. The molecule has 0 spiro atoms. The molecule has 0 N–H and O–H groups in total. The maximum absolute atomic E-state index is 2.28. The number of hydrogen-bond donors (Lipinski definition) is 0. The van der Waals surface area contributed by atoms with Crippen LogP contribution >= 0.6 is 24.0 Å². The van der Waals surface area contributed by atoms with Crippen LogP contribution in [0.25, 0.3) is 0 Å². The predicted molar refractivity (Wildman–Crippen MR) is 54.3 cm³/mol. The Labute approximate surface area is 76.4 Å². The van der Waals surface area contributed by atoms with Crippen molar-refractivity contribution in [3.05, 3.63) is 0 Å². The topological polar surface area (TPSA) is 0 Å². The highest BCUT2D eigenvalue weighted by molar-refractivity contribution is 14.0. The molecule has 0 bridgehead atoms. The molecule has 0 aromatic heterocycles. The fraction of sp³-hybridized carbons (Fsp3) is 1.00. The molecule has 0 saturated heterocycles. The van der Waals surface area contributed by atoms with Crippen LogP contribution in [0.4, 0.5) is 0 Å². The molecule has 0 aromatic rings. The summed E-state index contributed by atoms with van der Waals surface area (Å²) in [6, 6.07) is 0. The van der Waals surface area contributed by atoms with Crippen LogP contribution in [-0.2, 0) is 0 Å². The predicted octanol–water partition coefficient (Wildman–Crippen LogP) is 3.70. The van der Waals surface area contributed by atoms with Gasteiger partial charge >= 0.3 is 0 Å². The van der Waals surface area contributed by atoms with Crippen molar-refractivity contribution in [3.63, 3.8) is 0 Å². The lowest BCUT2D eigenvalue weighted by molar-refractivity contribution is 0.476. The molecule has 0 fully saturated rings. The van der Waals surface area contributed by atoms with Crippen molar-refractivity contribution in [2.24, 2.45) is 11.8 Å². The summed E-state index contributed by atoms with van der Waals surface area (Å²) < 4.78 is 0. The lowest BCUT2D eigenvalue weighted by Crippen LogP contribution is -1.91. The first-order valence-electron chi connectivity index (χ1n) is 3.63. The quantitative estimate of drug-likeness (QED) is 0.662. The van der Waals surface area contributed by atoms with E-state index in [1.165, 1.54) is 12.8 Å². The van der Waals surface area contributed by atoms with Gasteiger partial charge in [-0.15, -0.1) is 24.0 Å². The van der Waals surface area contributed by atoms with Gasteiger partial charge in [-0.2, -0.15) is 0 Å². The molecule has 0 saturated carbocycles. The maximum atomic E-state index is 2.28. The fourth-order valence-electron chi connectivity index (χ4n) is 0.667. The first-order chi connectivity index (χ1) is 3.63. The van der Waals surface area contributed by atoms with Gasteiger partial charge in [0.2, 0.25) is 0 Å². The molecule has 58 valence electrons. The minimum Gasteiger partial charge on any atom is -0.107 e. The van der Waals surface area contributed by atoms with E-state index < -0.39 is 0 Å². The highest BCUT2D eigenvalue weighted by atomic mass is 127. The van der Waals surface area contributed by atoms with Crippen LogP contribution in [0.3, 0.4) is 0 Å². The number of halogens is 1. The van der Waals surface area contributed by atoms with Gasteiger partial charge in [0.15, 0.2) is 0 Å². The van der Waals surface area contributed by atoms with E-state index in [-0.39, 0.29) is 24.0 Å². The Hall–Kier alpha value is 0.730. The molecule has 0 radical (unpaired) electrons. The van der Waals surface area contributed by atoms with Gasteiger partial charge in [-0.25, -0.2) is 0 Å². The molecule has 0 amide bonds. The highest BCUT2D eigenvalue weighted by Crippen LogP contribution is 2.09. The second-order valence-electron chi connectivity index (χ2n) is 3.37. The number of hydrogen-bond acceptors (Lipinski definition) is 0. The highest BCUT2D eigenvalue weighted by Gasteiger charge is 1.95. The number of rotatable bonds is 3. The lowest BCUT2D eigenvalue weighted by atomic mass is 10.0. The van der Waals surface area contributed by atoms with Crippen LogP contribution in [-0.4, -0.2) is 0 Å². The van der Waals surface area contributed by atoms with Crippen molar-refractivity contribution in [2.45, 2.75) is 40.5 Å². The Morgan fingerprint density at radius 3 is 1.11 bits per heavy atom. The summed E-state index contributed by atoms with van der Waals surface area (Å²) in [6.45, 7) is 9.12. The van der Waals surface area contributed by atoms with Crippen molar-refractivity contribution < 1.29 is 0 Å². The van der Waals surface area contributed by atoms with E-state index in [0.29, 0.717) is 0 Å². The van der Waals surface area contributed by atoms with E-state index in [9.17, 15) is 0 Å². The summed E-state index contributed by atoms with van der Waals surface area (Å²) >= 11 is 0. The van der Waals surface area contributed by atoms with E-state index >= 15 is 0 Å². The average molecular weight is 242 g/mol. The minimum atomic E-state index is 0. The third-order valence-corrected chi connectivity index (χ3v) is 1.32. The largest absolute Gasteiger partial charge is 0.107 e. The zero-order chi connectivity index (χ0) is 6.57. The molecular weight excluding hydrogens is 223 g/mol. The second kappa shape index (κ2) is 6.84. The van der Waals surface area contributed by atoms with E-state index in [1.54, 1.807) is 0 Å². The third-order valence-electron chi connectivity index (χ3n) is 1.32. The van der Waals surface area contributed by atoms with E-state index in [2.05, 4.69) is 27.7 Å². The van der Waals surface area contributed by atoms with Crippen molar-refractivity contribution in [1.82, 2.24) is 0 Å². The van der Waals surface area contributed by atoms with Crippen molar-refractivity contribution in [1.29, 1.82) is 0 Å². The Kier molecular flexibility index (Phi) is 9.44. The maximum Gasteiger partial charge on any atom is -0.0471 e. The summed E-state index contributed by atoms with van der Waals surface area (Å²) in [5.74, 6) is 1.77. The first kappa shape index (κ1) is 12.4. The molecular formula is C8H19I. The SMILES string of the molecule is CC(C)CCC(C)C.I. The van der Waals surface area contributed by atoms with E-state index in [4.69, 9.17) is 0 Å². The summed E-state index contributed by atoms with van der Waals surface area (Å²) in [4.78, 5) is 0. The molecule has 1 heteroatoms. The van der Waals surface area contributed by atoms with Gasteiger partial charge in [0, 0.05) is 0 Å². The van der Waals surface area contributed by atoms with Crippen LogP contribution in [0, 0.1) is 11.8 Å². The fourth-order valence-corrected chi connectivity index (χ4v) is 0.667. The van der Waals surface area contributed by atoms with Gasteiger partial charge in [0.25, 0.3) is 0 Å². The van der Waals surface area contributed by atoms with Crippen LogP contribution in [0.1, 0.15) is 40.5 Å². The Morgan fingerprint density at radius 2 is 1.00 bits per heavy atom. The molecule has 0 atom stereocenters. The molecule has 0 unspecified atom stereocenters. The Morgan fingerprint density at radius 1 is 0.778 bits per heavy atom. The van der Waals surface area contributed by atoms with Crippen molar-refractivity contribution >= 4 is 24.0 Å². The normalized spacial score (nSPS) is 10.0. The van der Waals surface area contributed by atoms with E-state index in [0.717, 1.165) is 11.8 Å². The molecule has 9 heavy (non-hydrogen) atoms. The smallest absolute Gasteiger partial charge is 0.0471 e. The summed E-state index contributed by atoms with van der Waals surface area (Å²) in [7, 11) is 0. The molecule has 0 heterocycles. The molecule has 0 rings (SSSR count). The van der Waals surface area contributed by atoms with Gasteiger partial charge in [-0.3, -0.25) is 0 Å². The zero-order valence-corrected chi connectivity index (χ0v) is 9.31. The van der Waals surface area contributed by atoms with Crippen molar-refractivity contribution in [2.75, 3.05) is 0 Å². The molecule has 0 aromatic carbocycles. The summed E-state index contributed by atoms with van der Waals surface area (Å²) in [6.07, 6.45) is 2.77.